The molecule has 72 valence electrons. The first-order chi connectivity index (χ1) is 6.77. The summed E-state index contributed by atoms with van der Waals surface area (Å²) in [7, 11) is 0. The van der Waals surface area contributed by atoms with E-state index in [1.807, 2.05) is 18.2 Å². The lowest BCUT2D eigenvalue weighted by molar-refractivity contribution is 0.615. The molecule has 1 aromatic heterocycles. The summed E-state index contributed by atoms with van der Waals surface area (Å²) in [5, 5.41) is 1.16. The van der Waals surface area contributed by atoms with Crippen molar-refractivity contribution < 1.29 is 4.42 Å². The Labute approximate surface area is 91.5 Å². The summed E-state index contributed by atoms with van der Waals surface area (Å²) in [4.78, 5) is 0.385. The number of hydrogen-bond donors (Lipinski definition) is 0. The number of rotatable bonds is 2. The minimum Gasteiger partial charge on any atom is -0.464 e. The van der Waals surface area contributed by atoms with Crippen molar-refractivity contribution in [1.82, 2.24) is 0 Å². The zero-order chi connectivity index (χ0) is 9.97. The molecule has 0 aliphatic rings. The molecule has 1 heterocycles. The SMILES string of the molecule is CC(Br)/C=C/c1coc2ccccc12. The first-order valence-electron chi connectivity index (χ1n) is 4.56. The Morgan fingerprint density at radius 3 is 2.93 bits per heavy atom. The zero-order valence-electron chi connectivity index (χ0n) is 7.91. The predicted octanol–water partition coefficient (Wildman–Crippen LogP) is 4.23. The van der Waals surface area contributed by atoms with E-state index < -0.39 is 0 Å². The molecule has 0 bridgehead atoms. The molecule has 0 spiro atoms. The monoisotopic (exact) mass is 250 g/mol. The summed E-state index contributed by atoms with van der Waals surface area (Å²) in [6.45, 7) is 2.08. The number of benzene rings is 1. The molecule has 0 aliphatic carbocycles. The molecule has 14 heavy (non-hydrogen) atoms. The van der Waals surface area contributed by atoms with Gasteiger partial charge < -0.3 is 4.42 Å². The van der Waals surface area contributed by atoms with Crippen molar-refractivity contribution >= 4 is 33.0 Å². The summed E-state index contributed by atoms with van der Waals surface area (Å²) < 4.78 is 5.41. The molecule has 0 N–H and O–H groups in total. The van der Waals surface area contributed by atoms with Crippen LogP contribution in [0, 0.1) is 0 Å². The summed E-state index contributed by atoms with van der Waals surface area (Å²) in [6.07, 6.45) is 5.96. The molecule has 2 rings (SSSR count). The second-order valence-corrected chi connectivity index (χ2v) is 4.67. The molecular weight excluding hydrogens is 240 g/mol. The van der Waals surface area contributed by atoms with Crippen LogP contribution in [0.4, 0.5) is 0 Å². The van der Waals surface area contributed by atoms with Gasteiger partial charge >= 0.3 is 0 Å². The third-order valence-electron chi connectivity index (χ3n) is 2.05. The Kier molecular flexibility index (Phi) is 2.73. The first-order valence-corrected chi connectivity index (χ1v) is 5.47. The summed E-state index contributed by atoms with van der Waals surface area (Å²) in [6, 6.07) is 8.04. The molecule has 1 atom stereocenters. The average molecular weight is 251 g/mol. The Morgan fingerprint density at radius 1 is 1.36 bits per heavy atom. The topological polar surface area (TPSA) is 13.1 Å². The van der Waals surface area contributed by atoms with Gasteiger partial charge in [0.15, 0.2) is 0 Å². The van der Waals surface area contributed by atoms with Gasteiger partial charge in [0.05, 0.1) is 6.26 Å². The van der Waals surface area contributed by atoms with Gasteiger partial charge in [-0.05, 0) is 13.0 Å². The average Bonchev–Trinajstić information content (AvgIpc) is 2.58. The van der Waals surface area contributed by atoms with Gasteiger partial charge in [-0.15, -0.1) is 0 Å². The minimum absolute atomic E-state index is 0.385. The third-order valence-corrected chi connectivity index (χ3v) is 2.36. The highest BCUT2D eigenvalue weighted by molar-refractivity contribution is 9.09. The van der Waals surface area contributed by atoms with Crippen molar-refractivity contribution in [2.75, 3.05) is 0 Å². The van der Waals surface area contributed by atoms with Crippen LogP contribution in [0.3, 0.4) is 0 Å². The van der Waals surface area contributed by atoms with E-state index in [2.05, 4.69) is 41.1 Å². The fourth-order valence-corrected chi connectivity index (χ4v) is 1.52. The molecular formula is C12H11BrO. The molecule has 2 aromatic rings. The number of furan rings is 1. The fraction of sp³-hybridized carbons (Fsp3) is 0.167. The highest BCUT2D eigenvalue weighted by atomic mass is 79.9. The van der Waals surface area contributed by atoms with E-state index in [0.29, 0.717) is 4.83 Å². The summed E-state index contributed by atoms with van der Waals surface area (Å²) in [5.74, 6) is 0. The van der Waals surface area contributed by atoms with Gasteiger partial charge in [0.25, 0.3) is 0 Å². The maximum Gasteiger partial charge on any atom is 0.134 e. The largest absolute Gasteiger partial charge is 0.464 e. The van der Waals surface area contributed by atoms with E-state index in [1.54, 1.807) is 6.26 Å². The Morgan fingerprint density at radius 2 is 2.14 bits per heavy atom. The molecule has 0 saturated carbocycles. The molecule has 0 fully saturated rings. The van der Waals surface area contributed by atoms with Crippen LogP contribution in [0.1, 0.15) is 12.5 Å². The number of para-hydroxylation sites is 1. The fourth-order valence-electron chi connectivity index (χ4n) is 1.36. The van der Waals surface area contributed by atoms with E-state index in [-0.39, 0.29) is 0 Å². The van der Waals surface area contributed by atoms with Crippen LogP contribution in [-0.2, 0) is 0 Å². The van der Waals surface area contributed by atoms with Crippen LogP contribution in [0.5, 0.6) is 0 Å². The minimum atomic E-state index is 0.385. The number of hydrogen-bond acceptors (Lipinski definition) is 1. The lowest BCUT2D eigenvalue weighted by Gasteiger charge is -1.91. The smallest absolute Gasteiger partial charge is 0.134 e. The second-order valence-electron chi connectivity index (χ2n) is 3.22. The Bertz CT molecular complexity index is 454. The molecule has 0 radical (unpaired) electrons. The third kappa shape index (κ3) is 1.90. The van der Waals surface area contributed by atoms with Crippen molar-refractivity contribution in [3.8, 4) is 0 Å². The molecule has 1 aromatic carbocycles. The van der Waals surface area contributed by atoms with Crippen LogP contribution in [0.15, 0.2) is 41.0 Å². The van der Waals surface area contributed by atoms with E-state index in [0.717, 1.165) is 16.5 Å². The zero-order valence-corrected chi connectivity index (χ0v) is 9.49. The number of allylic oxidation sites excluding steroid dienone is 1. The van der Waals surface area contributed by atoms with Crippen molar-refractivity contribution in [2.24, 2.45) is 0 Å². The molecule has 1 unspecified atom stereocenters. The van der Waals surface area contributed by atoms with Gasteiger partial charge in [0.1, 0.15) is 5.58 Å². The van der Waals surface area contributed by atoms with Crippen LogP contribution >= 0.6 is 15.9 Å². The van der Waals surface area contributed by atoms with Gasteiger partial charge in [-0.1, -0.05) is 46.3 Å². The predicted molar refractivity (Wildman–Crippen MR) is 63.6 cm³/mol. The van der Waals surface area contributed by atoms with E-state index in [1.165, 1.54) is 0 Å². The van der Waals surface area contributed by atoms with Gasteiger partial charge in [0, 0.05) is 15.8 Å². The molecule has 2 heteroatoms. The van der Waals surface area contributed by atoms with Crippen molar-refractivity contribution in [3.63, 3.8) is 0 Å². The first kappa shape index (κ1) is 9.53. The maximum absolute atomic E-state index is 5.41. The van der Waals surface area contributed by atoms with E-state index in [4.69, 9.17) is 4.42 Å². The van der Waals surface area contributed by atoms with Gasteiger partial charge in [-0.25, -0.2) is 0 Å². The van der Waals surface area contributed by atoms with Crippen LogP contribution in [0.25, 0.3) is 17.0 Å². The van der Waals surface area contributed by atoms with E-state index >= 15 is 0 Å². The van der Waals surface area contributed by atoms with Crippen LogP contribution < -0.4 is 0 Å². The molecule has 1 nitrogen and oxygen atoms in total. The standard InChI is InChI=1S/C12H11BrO/c1-9(13)6-7-10-8-14-12-5-3-2-4-11(10)12/h2-9H,1H3/b7-6+. The van der Waals surface area contributed by atoms with Gasteiger partial charge in [-0.3, -0.25) is 0 Å². The highest BCUT2D eigenvalue weighted by Gasteiger charge is 2.00. The summed E-state index contributed by atoms with van der Waals surface area (Å²) in [5.41, 5.74) is 2.07. The second kappa shape index (κ2) is 4.01. The highest BCUT2D eigenvalue weighted by Crippen LogP contribution is 2.22. The number of halogens is 1. The van der Waals surface area contributed by atoms with Crippen molar-refractivity contribution in [2.45, 2.75) is 11.8 Å². The van der Waals surface area contributed by atoms with E-state index in [9.17, 15) is 0 Å². The lowest BCUT2D eigenvalue weighted by Crippen LogP contribution is -1.78. The molecule has 0 saturated heterocycles. The Balaban J connectivity index is 2.43. The van der Waals surface area contributed by atoms with Gasteiger partial charge in [-0.2, -0.15) is 0 Å². The number of alkyl halides is 1. The quantitative estimate of drug-likeness (QED) is 0.728. The molecule has 0 amide bonds. The summed E-state index contributed by atoms with van der Waals surface area (Å²) >= 11 is 3.47. The number of fused-ring (bicyclic) bond motifs is 1. The Hall–Kier alpha value is -1.02. The van der Waals surface area contributed by atoms with Crippen LogP contribution in [0.2, 0.25) is 0 Å². The lowest BCUT2D eigenvalue weighted by atomic mass is 10.1. The van der Waals surface area contributed by atoms with Crippen molar-refractivity contribution in [3.05, 3.63) is 42.2 Å². The van der Waals surface area contributed by atoms with Gasteiger partial charge in [0.2, 0.25) is 0 Å². The van der Waals surface area contributed by atoms with Crippen LogP contribution in [-0.4, -0.2) is 4.83 Å². The van der Waals surface area contributed by atoms with Crippen molar-refractivity contribution in [1.29, 1.82) is 0 Å². The maximum atomic E-state index is 5.41. The molecule has 0 aliphatic heterocycles. The normalized spacial score (nSPS) is 13.9.